The molecule has 0 spiro atoms. The van der Waals surface area contributed by atoms with Gasteiger partial charge in [0, 0.05) is 0 Å². The fraction of sp³-hybridized carbons (Fsp3) is 0.353. The zero-order chi connectivity index (χ0) is 16.1. The minimum Gasteiger partial charge on any atom is -0.506 e. The summed E-state index contributed by atoms with van der Waals surface area (Å²) in [5.74, 6) is -1.37. The molecule has 1 saturated carbocycles. The minimum atomic E-state index is -0.492. The fourth-order valence-electron chi connectivity index (χ4n) is 4.03. The number of anilines is 1. The topological polar surface area (TPSA) is 86.7 Å². The first-order valence-corrected chi connectivity index (χ1v) is 7.67. The van der Waals surface area contributed by atoms with Gasteiger partial charge in [-0.3, -0.25) is 19.3 Å². The lowest BCUT2D eigenvalue weighted by Gasteiger charge is -2.17. The molecule has 1 heterocycles. The number of carbonyl (C=O) groups is 3. The third kappa shape index (κ3) is 2.05. The Morgan fingerprint density at radius 3 is 2.35 bits per heavy atom. The van der Waals surface area contributed by atoms with Gasteiger partial charge in [0.1, 0.15) is 12.3 Å². The average Bonchev–Trinajstić information content (AvgIpc) is 3.19. The monoisotopic (exact) mass is 312 g/mol. The molecule has 4 rings (SSSR count). The van der Waals surface area contributed by atoms with Crippen LogP contribution in [-0.4, -0.2) is 34.3 Å². The van der Waals surface area contributed by atoms with Gasteiger partial charge in [-0.1, -0.05) is 24.3 Å². The average molecular weight is 312 g/mol. The van der Waals surface area contributed by atoms with Gasteiger partial charge in [0.2, 0.25) is 17.7 Å². The quantitative estimate of drug-likeness (QED) is 0.498. The van der Waals surface area contributed by atoms with Crippen LogP contribution in [0, 0.1) is 23.7 Å². The number of carbonyl (C=O) groups excluding carboxylic acids is 3. The number of fused-ring (bicyclic) bond motifs is 5. The van der Waals surface area contributed by atoms with Crippen LogP contribution in [-0.2, 0) is 14.4 Å². The number of nitrogens with zero attached hydrogens (tertiary/aromatic N) is 1. The van der Waals surface area contributed by atoms with Gasteiger partial charge in [-0.15, -0.1) is 0 Å². The number of imide groups is 1. The minimum absolute atomic E-state index is 0.0564. The summed E-state index contributed by atoms with van der Waals surface area (Å²) in [7, 11) is 0. The highest BCUT2D eigenvalue weighted by Crippen LogP contribution is 2.52. The van der Waals surface area contributed by atoms with E-state index in [2.05, 4.69) is 5.32 Å². The molecule has 2 N–H and O–H groups in total. The van der Waals surface area contributed by atoms with Crippen LogP contribution >= 0.6 is 0 Å². The van der Waals surface area contributed by atoms with Gasteiger partial charge >= 0.3 is 0 Å². The van der Waals surface area contributed by atoms with Crippen molar-refractivity contribution in [3.8, 4) is 5.75 Å². The zero-order valence-electron chi connectivity index (χ0n) is 12.3. The largest absolute Gasteiger partial charge is 0.506 e. The number of phenolic OH excluding ortho intramolecular Hbond substituents is 1. The molecular formula is C17H16N2O4. The predicted octanol–water partition coefficient (Wildman–Crippen LogP) is 1.14. The summed E-state index contributed by atoms with van der Waals surface area (Å²) in [5.41, 5.74) is 0.263. The molecular weight excluding hydrogens is 296 g/mol. The maximum atomic E-state index is 12.5. The summed E-state index contributed by atoms with van der Waals surface area (Å²) in [6, 6.07) is 6.33. The molecule has 4 unspecified atom stereocenters. The summed E-state index contributed by atoms with van der Waals surface area (Å²) in [6.07, 6.45) is 4.90. The molecule has 1 saturated heterocycles. The number of nitrogens with one attached hydrogen (secondary N) is 1. The number of benzene rings is 1. The number of para-hydroxylation sites is 2. The maximum Gasteiger partial charge on any atom is 0.244 e. The molecule has 2 bridgehead atoms. The highest BCUT2D eigenvalue weighted by molar-refractivity contribution is 6.09. The van der Waals surface area contributed by atoms with Crippen LogP contribution in [0.3, 0.4) is 0 Å². The van der Waals surface area contributed by atoms with Crippen molar-refractivity contribution in [2.75, 3.05) is 11.9 Å². The second-order valence-corrected chi connectivity index (χ2v) is 6.33. The van der Waals surface area contributed by atoms with E-state index in [0.717, 1.165) is 11.3 Å². The van der Waals surface area contributed by atoms with Crippen molar-refractivity contribution in [2.45, 2.75) is 6.42 Å². The molecule has 1 aliphatic heterocycles. The Bertz CT molecular complexity index is 712. The number of allylic oxidation sites excluding steroid dienone is 2. The van der Waals surface area contributed by atoms with Crippen molar-refractivity contribution >= 4 is 23.4 Å². The van der Waals surface area contributed by atoms with Crippen molar-refractivity contribution in [1.29, 1.82) is 0 Å². The van der Waals surface area contributed by atoms with Crippen molar-refractivity contribution < 1.29 is 19.5 Å². The number of hydrogen-bond donors (Lipinski definition) is 2. The summed E-state index contributed by atoms with van der Waals surface area (Å²) in [4.78, 5) is 38.2. The predicted molar refractivity (Wildman–Crippen MR) is 81.2 cm³/mol. The number of aromatic hydroxyl groups is 1. The molecule has 1 aromatic carbocycles. The second-order valence-electron chi connectivity index (χ2n) is 6.33. The number of likely N-dealkylation sites (tertiary alicyclic amines) is 1. The van der Waals surface area contributed by atoms with Crippen LogP contribution in [0.4, 0.5) is 5.69 Å². The molecule has 118 valence electrons. The van der Waals surface area contributed by atoms with Gasteiger partial charge in [0.05, 0.1) is 17.5 Å². The van der Waals surface area contributed by atoms with Crippen LogP contribution in [0.5, 0.6) is 5.75 Å². The molecule has 6 heteroatoms. The summed E-state index contributed by atoms with van der Waals surface area (Å²) in [5, 5.41) is 12.2. The first-order chi connectivity index (χ1) is 11.1. The second kappa shape index (κ2) is 4.94. The number of phenols is 1. The van der Waals surface area contributed by atoms with Crippen LogP contribution in [0.1, 0.15) is 6.42 Å². The van der Waals surface area contributed by atoms with Gasteiger partial charge in [0.25, 0.3) is 0 Å². The molecule has 4 atom stereocenters. The zero-order valence-corrected chi connectivity index (χ0v) is 12.3. The van der Waals surface area contributed by atoms with E-state index in [9.17, 15) is 19.5 Å². The summed E-state index contributed by atoms with van der Waals surface area (Å²) >= 11 is 0. The van der Waals surface area contributed by atoms with Crippen LogP contribution in [0.15, 0.2) is 36.4 Å². The van der Waals surface area contributed by atoms with Gasteiger partial charge in [-0.2, -0.15) is 0 Å². The molecule has 2 aliphatic carbocycles. The Hall–Kier alpha value is -2.63. The van der Waals surface area contributed by atoms with E-state index in [1.54, 1.807) is 18.2 Å². The van der Waals surface area contributed by atoms with Crippen LogP contribution < -0.4 is 5.32 Å². The van der Waals surface area contributed by atoms with Gasteiger partial charge in [-0.25, -0.2) is 0 Å². The highest BCUT2D eigenvalue weighted by atomic mass is 16.3. The van der Waals surface area contributed by atoms with E-state index >= 15 is 0 Å². The lowest BCUT2D eigenvalue weighted by molar-refractivity contribution is -0.143. The number of rotatable bonds is 3. The van der Waals surface area contributed by atoms with E-state index in [1.165, 1.54) is 6.07 Å². The molecule has 2 fully saturated rings. The highest BCUT2D eigenvalue weighted by Gasteiger charge is 2.59. The molecule has 0 radical (unpaired) electrons. The molecule has 6 nitrogen and oxygen atoms in total. The maximum absolute atomic E-state index is 12.5. The standard InChI is InChI=1S/C17H16N2O4/c20-12-4-2-1-3-11(12)18-13(21)8-19-16(22)14-9-5-6-10(7-9)15(14)17(19)23/h1-6,9-10,14-15,20H,7-8H2,(H,18,21). The Morgan fingerprint density at radius 2 is 1.74 bits per heavy atom. The number of amides is 3. The molecule has 0 aromatic heterocycles. The summed E-state index contributed by atoms with van der Waals surface area (Å²) < 4.78 is 0. The van der Waals surface area contributed by atoms with Crippen molar-refractivity contribution in [1.82, 2.24) is 4.90 Å². The Kier molecular flexibility index (Phi) is 3.01. The fourth-order valence-corrected chi connectivity index (χ4v) is 4.03. The lowest BCUT2D eigenvalue weighted by Crippen LogP contribution is -2.39. The van der Waals surface area contributed by atoms with Crippen molar-refractivity contribution in [2.24, 2.45) is 23.7 Å². The Labute approximate surface area is 132 Å². The van der Waals surface area contributed by atoms with E-state index in [-0.39, 0.29) is 53.5 Å². The first kappa shape index (κ1) is 14.0. The van der Waals surface area contributed by atoms with Crippen molar-refractivity contribution in [3.05, 3.63) is 36.4 Å². The smallest absolute Gasteiger partial charge is 0.244 e. The van der Waals surface area contributed by atoms with Crippen molar-refractivity contribution in [3.63, 3.8) is 0 Å². The van der Waals surface area contributed by atoms with E-state index in [4.69, 9.17) is 0 Å². The van der Waals surface area contributed by atoms with Gasteiger partial charge in [0.15, 0.2) is 0 Å². The molecule has 23 heavy (non-hydrogen) atoms. The van der Waals surface area contributed by atoms with E-state index in [1.807, 2.05) is 12.2 Å². The third-order valence-electron chi connectivity index (χ3n) is 5.04. The van der Waals surface area contributed by atoms with E-state index in [0.29, 0.717) is 0 Å². The SMILES string of the molecule is O=C(CN1C(=O)C2C3C=CC(C3)C2C1=O)Nc1ccccc1O. The van der Waals surface area contributed by atoms with Gasteiger partial charge < -0.3 is 10.4 Å². The van der Waals surface area contributed by atoms with Crippen LogP contribution in [0.25, 0.3) is 0 Å². The third-order valence-corrected chi connectivity index (χ3v) is 5.04. The Balaban J connectivity index is 1.48. The normalized spacial score (nSPS) is 30.9. The lowest BCUT2D eigenvalue weighted by atomic mass is 9.85. The molecule has 3 aliphatic rings. The molecule has 3 amide bonds. The number of hydrogen-bond acceptors (Lipinski definition) is 4. The first-order valence-electron chi connectivity index (χ1n) is 7.67. The van der Waals surface area contributed by atoms with Gasteiger partial charge in [-0.05, 0) is 30.4 Å². The van der Waals surface area contributed by atoms with Crippen LogP contribution in [0.2, 0.25) is 0 Å². The van der Waals surface area contributed by atoms with E-state index < -0.39 is 5.91 Å². The molecule has 1 aromatic rings. The Morgan fingerprint density at radius 1 is 1.13 bits per heavy atom. The summed E-state index contributed by atoms with van der Waals surface area (Å²) in [6.45, 7) is -0.307.